The second kappa shape index (κ2) is 4.20. The number of aliphatic hydroxyl groups is 1. The Morgan fingerprint density at radius 1 is 1.54 bits per heavy atom. The minimum absolute atomic E-state index is 0.213. The zero-order valence-electron chi connectivity index (χ0n) is 7.70. The van der Waals surface area contributed by atoms with Gasteiger partial charge in [-0.15, -0.1) is 0 Å². The summed E-state index contributed by atoms with van der Waals surface area (Å²) >= 11 is 0. The van der Waals surface area contributed by atoms with Crippen molar-refractivity contribution in [1.82, 2.24) is 5.32 Å². The third kappa shape index (κ3) is 4.44. The molecule has 0 spiro atoms. The number of hydrogen-bond acceptors (Lipinski definition) is 4. The molecule has 0 aromatic heterocycles. The van der Waals surface area contributed by atoms with Crippen LogP contribution in [0.3, 0.4) is 0 Å². The molecule has 0 aromatic carbocycles. The summed E-state index contributed by atoms with van der Waals surface area (Å²) in [7, 11) is 0. The van der Waals surface area contributed by atoms with Crippen molar-refractivity contribution in [2.75, 3.05) is 6.54 Å². The highest BCUT2D eigenvalue weighted by Crippen LogP contribution is 1.95. The monoisotopic (exact) mass is 189 g/mol. The van der Waals surface area contributed by atoms with E-state index in [4.69, 9.17) is 16.6 Å². The molecule has 13 heavy (non-hydrogen) atoms. The molecule has 0 fully saturated rings. The summed E-state index contributed by atoms with van der Waals surface area (Å²) < 4.78 is 0. The van der Waals surface area contributed by atoms with Crippen molar-refractivity contribution < 1.29 is 14.7 Å². The lowest BCUT2D eigenvalue weighted by atomic mass is 10.1. The number of hydrogen-bond donors (Lipinski definition) is 4. The Balaban J connectivity index is 3.91. The molecule has 0 heterocycles. The summed E-state index contributed by atoms with van der Waals surface area (Å²) in [6.45, 7) is 2.81. The van der Waals surface area contributed by atoms with Crippen LogP contribution in [-0.2, 0) is 9.59 Å². The lowest BCUT2D eigenvalue weighted by Crippen LogP contribution is -2.52. The second-order valence-electron chi connectivity index (χ2n) is 3.35. The molecule has 76 valence electrons. The predicted molar refractivity (Wildman–Crippen MR) is 46.5 cm³/mol. The molecule has 0 aromatic rings. The summed E-state index contributed by atoms with van der Waals surface area (Å²) in [4.78, 5) is 21.4. The predicted octanol–water partition coefficient (Wildman–Crippen LogP) is -2.31. The van der Waals surface area contributed by atoms with Gasteiger partial charge in [0.2, 0.25) is 11.8 Å². The van der Waals surface area contributed by atoms with Gasteiger partial charge in [-0.1, -0.05) is 0 Å². The number of carbonyl (C=O) groups excluding carboxylic acids is 2. The fraction of sp³-hybridized carbons (Fsp3) is 0.714. The summed E-state index contributed by atoms with van der Waals surface area (Å²) in [5, 5.41) is 11.2. The molecule has 0 saturated carbocycles. The molecule has 2 amide bonds. The van der Waals surface area contributed by atoms with E-state index in [0.29, 0.717) is 0 Å². The zero-order chi connectivity index (χ0) is 10.6. The molecule has 0 bridgehead atoms. The first-order valence-corrected chi connectivity index (χ1v) is 3.79. The van der Waals surface area contributed by atoms with E-state index in [-0.39, 0.29) is 6.54 Å². The van der Waals surface area contributed by atoms with Gasteiger partial charge in [-0.2, -0.15) is 0 Å². The van der Waals surface area contributed by atoms with E-state index < -0.39 is 23.5 Å². The first-order chi connectivity index (χ1) is 5.75. The van der Waals surface area contributed by atoms with E-state index in [0.717, 1.165) is 0 Å². The van der Waals surface area contributed by atoms with Crippen LogP contribution in [0.15, 0.2) is 0 Å². The van der Waals surface area contributed by atoms with Crippen LogP contribution in [0.5, 0.6) is 0 Å². The van der Waals surface area contributed by atoms with Gasteiger partial charge in [0.05, 0.1) is 12.1 Å². The van der Waals surface area contributed by atoms with Gasteiger partial charge in [0, 0.05) is 0 Å². The largest absolute Gasteiger partial charge is 0.381 e. The summed E-state index contributed by atoms with van der Waals surface area (Å²) in [6, 6.07) is 0. The van der Waals surface area contributed by atoms with Crippen LogP contribution in [0.4, 0.5) is 0 Å². The van der Waals surface area contributed by atoms with Crippen molar-refractivity contribution in [1.29, 1.82) is 0 Å². The van der Waals surface area contributed by atoms with Gasteiger partial charge in [-0.3, -0.25) is 9.59 Å². The average molecular weight is 189 g/mol. The molecule has 0 aliphatic heterocycles. The molecule has 0 rings (SSSR count). The van der Waals surface area contributed by atoms with E-state index >= 15 is 0 Å². The van der Waals surface area contributed by atoms with E-state index in [1.807, 2.05) is 0 Å². The van der Waals surface area contributed by atoms with Crippen molar-refractivity contribution in [2.45, 2.75) is 25.5 Å². The molecule has 0 saturated heterocycles. The van der Waals surface area contributed by atoms with Gasteiger partial charge >= 0.3 is 0 Å². The zero-order valence-corrected chi connectivity index (χ0v) is 7.70. The quantitative estimate of drug-likeness (QED) is 0.397. The highest BCUT2D eigenvalue weighted by atomic mass is 16.3. The van der Waals surface area contributed by atoms with E-state index in [1.165, 1.54) is 13.8 Å². The van der Waals surface area contributed by atoms with Crippen molar-refractivity contribution in [3.63, 3.8) is 0 Å². The minimum Gasteiger partial charge on any atom is -0.381 e. The van der Waals surface area contributed by atoms with Crippen LogP contribution in [0.25, 0.3) is 0 Å². The van der Waals surface area contributed by atoms with Crippen LogP contribution in [0.2, 0.25) is 0 Å². The maximum atomic E-state index is 11.1. The van der Waals surface area contributed by atoms with Gasteiger partial charge in [0.15, 0.2) is 0 Å². The molecule has 0 radical (unpaired) electrons. The Kier molecular flexibility index (Phi) is 3.83. The van der Waals surface area contributed by atoms with Gasteiger partial charge < -0.3 is 21.9 Å². The molecule has 1 atom stereocenters. The van der Waals surface area contributed by atoms with Crippen LogP contribution in [0, 0.1) is 0 Å². The normalized spacial score (nSPS) is 13.5. The number of rotatable bonds is 4. The van der Waals surface area contributed by atoms with Crippen molar-refractivity contribution in [3.8, 4) is 0 Å². The smallest absolute Gasteiger partial charge is 0.248 e. The Labute approximate surface area is 76.3 Å². The average Bonchev–Trinajstić information content (AvgIpc) is 1.97. The van der Waals surface area contributed by atoms with Gasteiger partial charge in [0.1, 0.15) is 6.10 Å². The van der Waals surface area contributed by atoms with Crippen molar-refractivity contribution >= 4 is 11.8 Å². The van der Waals surface area contributed by atoms with Crippen molar-refractivity contribution in [2.24, 2.45) is 11.5 Å². The maximum Gasteiger partial charge on any atom is 0.248 e. The standard InChI is InChI=1S/C7H15N3O3/c1-7(2,9)6(13)10-3-4(11)5(8)12/h4,11H,3,9H2,1-2H3,(H2,8,12)(H,10,13). The number of nitrogens with two attached hydrogens (primary N) is 2. The fourth-order valence-electron chi connectivity index (χ4n) is 0.518. The van der Waals surface area contributed by atoms with Gasteiger partial charge in [-0.05, 0) is 13.8 Å². The van der Waals surface area contributed by atoms with E-state index in [2.05, 4.69) is 5.32 Å². The summed E-state index contributed by atoms with van der Waals surface area (Å²) in [5.41, 5.74) is 9.16. The SMILES string of the molecule is CC(C)(N)C(=O)NCC(O)C(N)=O. The number of nitrogens with one attached hydrogen (secondary N) is 1. The highest BCUT2D eigenvalue weighted by Gasteiger charge is 2.22. The van der Waals surface area contributed by atoms with E-state index in [9.17, 15) is 9.59 Å². The van der Waals surface area contributed by atoms with Gasteiger partial charge in [0.25, 0.3) is 0 Å². The fourth-order valence-corrected chi connectivity index (χ4v) is 0.518. The first kappa shape index (κ1) is 11.9. The maximum absolute atomic E-state index is 11.1. The number of carbonyl (C=O) groups is 2. The van der Waals surface area contributed by atoms with Crippen LogP contribution < -0.4 is 16.8 Å². The second-order valence-corrected chi connectivity index (χ2v) is 3.35. The first-order valence-electron chi connectivity index (χ1n) is 3.79. The lowest BCUT2D eigenvalue weighted by Gasteiger charge is -2.18. The number of aliphatic hydroxyl groups excluding tert-OH is 1. The molecule has 0 aliphatic carbocycles. The van der Waals surface area contributed by atoms with Crippen molar-refractivity contribution in [3.05, 3.63) is 0 Å². The molecule has 1 unspecified atom stereocenters. The topological polar surface area (TPSA) is 118 Å². The Morgan fingerprint density at radius 2 is 2.00 bits per heavy atom. The Morgan fingerprint density at radius 3 is 2.31 bits per heavy atom. The number of amides is 2. The van der Waals surface area contributed by atoms with Crippen LogP contribution in [-0.4, -0.2) is 35.1 Å². The third-order valence-electron chi connectivity index (χ3n) is 1.37. The molecular formula is C7H15N3O3. The lowest BCUT2D eigenvalue weighted by molar-refractivity contribution is -0.128. The molecule has 6 nitrogen and oxygen atoms in total. The molecular weight excluding hydrogens is 174 g/mol. The molecule has 0 aliphatic rings. The minimum atomic E-state index is -1.37. The summed E-state index contributed by atoms with van der Waals surface area (Å²) in [6.07, 6.45) is -1.37. The van der Waals surface area contributed by atoms with Crippen LogP contribution in [0.1, 0.15) is 13.8 Å². The van der Waals surface area contributed by atoms with E-state index in [1.54, 1.807) is 0 Å². The third-order valence-corrected chi connectivity index (χ3v) is 1.37. The van der Waals surface area contributed by atoms with Crippen LogP contribution >= 0.6 is 0 Å². The molecule has 6 heteroatoms. The number of primary amides is 1. The Hall–Kier alpha value is -1.14. The summed E-state index contributed by atoms with van der Waals surface area (Å²) in [5.74, 6) is -1.33. The Bertz CT molecular complexity index is 210. The van der Waals surface area contributed by atoms with Gasteiger partial charge in [-0.25, -0.2) is 0 Å². The highest BCUT2D eigenvalue weighted by molar-refractivity contribution is 5.86. The molecule has 6 N–H and O–H groups in total.